The average molecular weight is 400 g/mol. The maximum Gasteiger partial charge on any atom is 0.164 e. The van der Waals surface area contributed by atoms with E-state index in [-0.39, 0.29) is 12.1 Å². The Labute approximate surface area is 169 Å². The second kappa shape index (κ2) is 7.91. The summed E-state index contributed by atoms with van der Waals surface area (Å²) in [4.78, 5) is 12.1. The first-order valence-electron chi connectivity index (χ1n) is 9.41. The number of amidine groups is 1. The number of aromatic nitrogens is 1. The number of methoxy groups -OCH3 is 3. The molecule has 2 aliphatic heterocycles. The smallest absolute Gasteiger partial charge is 0.164 e. The molecule has 1 aromatic carbocycles. The molecular formula is C21H25N3O3S. The van der Waals surface area contributed by atoms with Crippen LogP contribution in [-0.4, -0.2) is 48.2 Å². The number of benzene rings is 1. The largest absolute Gasteiger partial charge is 0.496 e. The average Bonchev–Trinajstić information content (AvgIpc) is 3.32. The summed E-state index contributed by atoms with van der Waals surface area (Å²) >= 11 is 1.82. The van der Waals surface area contributed by atoms with Crippen molar-refractivity contribution in [2.24, 2.45) is 4.99 Å². The van der Waals surface area contributed by atoms with Gasteiger partial charge in [0.05, 0.1) is 33.1 Å². The molecule has 2 aromatic rings. The van der Waals surface area contributed by atoms with Gasteiger partial charge in [0.1, 0.15) is 11.8 Å². The van der Waals surface area contributed by atoms with Crippen LogP contribution in [0.2, 0.25) is 0 Å². The maximum atomic E-state index is 5.76. The molecule has 3 heterocycles. The normalized spacial score (nSPS) is 23.4. The molecule has 3 atom stereocenters. The first-order valence-corrected chi connectivity index (χ1v) is 10.4. The van der Waals surface area contributed by atoms with Crippen LogP contribution in [0.5, 0.6) is 17.2 Å². The van der Waals surface area contributed by atoms with Crippen molar-refractivity contribution in [3.8, 4) is 17.2 Å². The summed E-state index contributed by atoms with van der Waals surface area (Å²) in [5.41, 5.74) is 2.00. The summed E-state index contributed by atoms with van der Waals surface area (Å²) in [6, 6.07) is 10.2. The zero-order chi connectivity index (χ0) is 19.7. The van der Waals surface area contributed by atoms with Crippen LogP contribution in [-0.2, 0) is 0 Å². The standard InChI is InChI=1S/C21H25N3O3S/c1-5-13-12-28-21-23-19(15-8-6-7-9-22-15)20(24(13)21)14-10-17(26-3)18(27-4)11-16(14)25-2/h6-11,13,19-20H,5,12H2,1-4H3/t13-,19-,20+/m0/s1. The van der Waals surface area contributed by atoms with Crippen molar-refractivity contribution in [1.82, 2.24) is 9.88 Å². The van der Waals surface area contributed by atoms with E-state index in [0.717, 1.165) is 34.3 Å². The first kappa shape index (κ1) is 18.9. The van der Waals surface area contributed by atoms with Gasteiger partial charge < -0.3 is 19.1 Å². The molecule has 1 saturated heterocycles. The zero-order valence-electron chi connectivity index (χ0n) is 16.6. The molecule has 4 rings (SSSR count). The molecule has 0 aliphatic carbocycles. The van der Waals surface area contributed by atoms with Gasteiger partial charge in [0, 0.05) is 29.6 Å². The number of thioether (sulfide) groups is 1. The van der Waals surface area contributed by atoms with Crippen molar-refractivity contribution in [2.45, 2.75) is 31.5 Å². The number of pyridine rings is 1. The van der Waals surface area contributed by atoms with Gasteiger partial charge in [0.25, 0.3) is 0 Å². The number of hydrogen-bond acceptors (Lipinski definition) is 7. The molecule has 0 radical (unpaired) electrons. The number of fused-ring (bicyclic) bond motifs is 1. The number of hydrogen-bond donors (Lipinski definition) is 0. The molecule has 28 heavy (non-hydrogen) atoms. The van der Waals surface area contributed by atoms with E-state index in [1.165, 1.54) is 0 Å². The summed E-state index contributed by atoms with van der Waals surface area (Å²) < 4.78 is 16.8. The van der Waals surface area contributed by atoms with Gasteiger partial charge in [-0.2, -0.15) is 0 Å². The summed E-state index contributed by atoms with van der Waals surface area (Å²) in [6.07, 6.45) is 2.89. The molecule has 0 saturated carbocycles. The van der Waals surface area contributed by atoms with E-state index in [0.29, 0.717) is 17.5 Å². The number of ether oxygens (including phenoxy) is 3. The van der Waals surface area contributed by atoms with Gasteiger partial charge in [-0.05, 0) is 24.6 Å². The third-order valence-electron chi connectivity index (χ3n) is 5.38. The lowest BCUT2D eigenvalue weighted by Crippen LogP contribution is -2.35. The van der Waals surface area contributed by atoms with E-state index in [1.807, 2.05) is 48.3 Å². The lowest BCUT2D eigenvalue weighted by molar-refractivity contribution is 0.247. The highest BCUT2D eigenvalue weighted by Gasteiger charge is 2.46. The van der Waals surface area contributed by atoms with Crippen LogP contribution in [0.15, 0.2) is 41.5 Å². The lowest BCUT2D eigenvalue weighted by atomic mass is 9.94. The quantitative estimate of drug-likeness (QED) is 0.729. The SMILES string of the molecule is CC[C@H]1CSC2=N[C@@H](c3ccccn3)[C@@H](c3cc(OC)c(OC)cc3OC)N21. The monoisotopic (exact) mass is 399 g/mol. The van der Waals surface area contributed by atoms with Crippen LogP contribution in [0, 0.1) is 0 Å². The zero-order valence-corrected chi connectivity index (χ0v) is 17.4. The van der Waals surface area contributed by atoms with Gasteiger partial charge >= 0.3 is 0 Å². The van der Waals surface area contributed by atoms with E-state index >= 15 is 0 Å². The van der Waals surface area contributed by atoms with E-state index in [9.17, 15) is 0 Å². The number of rotatable bonds is 6. The molecule has 0 bridgehead atoms. The van der Waals surface area contributed by atoms with Crippen molar-refractivity contribution in [3.05, 3.63) is 47.8 Å². The molecule has 7 heteroatoms. The molecule has 2 aliphatic rings. The fraction of sp³-hybridized carbons (Fsp3) is 0.429. The minimum absolute atomic E-state index is 0.000365. The molecule has 148 valence electrons. The Balaban J connectivity index is 1.87. The third-order valence-corrected chi connectivity index (χ3v) is 6.51. The van der Waals surface area contributed by atoms with E-state index in [4.69, 9.17) is 19.2 Å². The van der Waals surface area contributed by atoms with Crippen molar-refractivity contribution >= 4 is 16.9 Å². The Kier molecular flexibility index (Phi) is 5.35. The summed E-state index contributed by atoms with van der Waals surface area (Å²) in [5, 5.41) is 1.09. The van der Waals surface area contributed by atoms with Crippen molar-refractivity contribution < 1.29 is 14.2 Å². The second-order valence-corrected chi connectivity index (χ2v) is 7.77. The van der Waals surface area contributed by atoms with Crippen LogP contribution in [0.25, 0.3) is 0 Å². The molecule has 1 fully saturated rings. The summed E-state index contributed by atoms with van der Waals surface area (Å²) in [6.45, 7) is 2.23. The van der Waals surface area contributed by atoms with Gasteiger partial charge in [0.2, 0.25) is 0 Å². The van der Waals surface area contributed by atoms with Gasteiger partial charge in [-0.1, -0.05) is 24.8 Å². The van der Waals surface area contributed by atoms with Gasteiger partial charge in [-0.15, -0.1) is 0 Å². The highest BCUT2D eigenvalue weighted by Crippen LogP contribution is 2.52. The molecule has 0 amide bonds. The van der Waals surface area contributed by atoms with E-state index in [1.54, 1.807) is 21.3 Å². The predicted octanol–water partition coefficient (Wildman–Crippen LogP) is 4.09. The minimum Gasteiger partial charge on any atom is -0.496 e. The van der Waals surface area contributed by atoms with Crippen LogP contribution in [0.4, 0.5) is 0 Å². The first-order chi connectivity index (χ1) is 13.7. The Bertz CT molecular complexity index is 875. The van der Waals surface area contributed by atoms with Crippen LogP contribution >= 0.6 is 11.8 Å². The van der Waals surface area contributed by atoms with Crippen LogP contribution in [0.3, 0.4) is 0 Å². The molecular weight excluding hydrogens is 374 g/mol. The van der Waals surface area contributed by atoms with Gasteiger partial charge in [-0.3, -0.25) is 9.98 Å². The van der Waals surface area contributed by atoms with Crippen molar-refractivity contribution in [2.75, 3.05) is 27.1 Å². The predicted molar refractivity (Wildman–Crippen MR) is 112 cm³/mol. The Morgan fingerprint density at radius 2 is 1.82 bits per heavy atom. The molecule has 0 unspecified atom stereocenters. The highest BCUT2D eigenvalue weighted by molar-refractivity contribution is 8.14. The van der Waals surface area contributed by atoms with E-state index < -0.39 is 0 Å². The molecule has 0 N–H and O–H groups in total. The summed E-state index contributed by atoms with van der Waals surface area (Å²) in [7, 11) is 4.98. The molecule has 0 spiro atoms. The molecule has 1 aromatic heterocycles. The lowest BCUT2D eigenvalue weighted by Gasteiger charge is -2.33. The minimum atomic E-state index is -0.0925. The topological polar surface area (TPSA) is 56.2 Å². The van der Waals surface area contributed by atoms with Gasteiger partial charge in [0.15, 0.2) is 16.7 Å². The van der Waals surface area contributed by atoms with Crippen LogP contribution in [0.1, 0.15) is 36.7 Å². The van der Waals surface area contributed by atoms with Gasteiger partial charge in [-0.25, -0.2) is 0 Å². The van der Waals surface area contributed by atoms with Crippen molar-refractivity contribution in [1.29, 1.82) is 0 Å². The highest BCUT2D eigenvalue weighted by atomic mass is 32.2. The fourth-order valence-corrected chi connectivity index (χ4v) is 5.31. The van der Waals surface area contributed by atoms with Crippen molar-refractivity contribution in [3.63, 3.8) is 0 Å². The van der Waals surface area contributed by atoms with Crippen LogP contribution < -0.4 is 14.2 Å². The number of aliphatic imine (C=N–C) groups is 1. The number of nitrogens with zero attached hydrogens (tertiary/aromatic N) is 3. The maximum absolute atomic E-state index is 5.76. The second-order valence-electron chi connectivity index (χ2n) is 6.79. The Morgan fingerprint density at radius 1 is 1.07 bits per heavy atom. The Hall–Kier alpha value is -2.41. The third kappa shape index (κ3) is 3.07. The fourth-order valence-electron chi connectivity index (χ4n) is 3.97. The van der Waals surface area contributed by atoms with E-state index in [2.05, 4.69) is 16.8 Å². The Morgan fingerprint density at radius 3 is 2.46 bits per heavy atom. The summed E-state index contributed by atoms with van der Waals surface area (Å²) in [5.74, 6) is 3.16. The molecule has 6 nitrogen and oxygen atoms in total.